The zero-order chi connectivity index (χ0) is 17.9. The average Bonchev–Trinajstić information content (AvgIpc) is 2.58. The summed E-state index contributed by atoms with van der Waals surface area (Å²) in [6, 6.07) is 7.53. The molecule has 0 heterocycles. The van der Waals surface area contributed by atoms with Crippen molar-refractivity contribution in [2.24, 2.45) is 4.99 Å². The van der Waals surface area contributed by atoms with E-state index in [9.17, 15) is 4.79 Å². The molecule has 24 heavy (non-hydrogen) atoms. The Morgan fingerprint density at radius 3 is 2.50 bits per heavy atom. The van der Waals surface area contributed by atoms with Crippen LogP contribution in [0.2, 0.25) is 0 Å². The van der Waals surface area contributed by atoms with Gasteiger partial charge in [0.2, 0.25) is 5.91 Å². The third-order valence-corrected chi connectivity index (χ3v) is 3.31. The summed E-state index contributed by atoms with van der Waals surface area (Å²) in [6.45, 7) is 3.06. The molecule has 1 aromatic carbocycles. The van der Waals surface area contributed by atoms with Gasteiger partial charge >= 0.3 is 0 Å². The maximum Gasteiger partial charge on any atom is 0.223 e. The van der Waals surface area contributed by atoms with Crippen LogP contribution < -0.4 is 20.1 Å². The van der Waals surface area contributed by atoms with Crippen molar-refractivity contribution in [3.8, 4) is 11.5 Å². The minimum atomic E-state index is -0.0803. The van der Waals surface area contributed by atoms with E-state index in [0.717, 1.165) is 0 Å². The number of amides is 1. The van der Waals surface area contributed by atoms with Gasteiger partial charge in [-0.25, -0.2) is 0 Å². The molecule has 1 atom stereocenters. The normalized spacial score (nSPS) is 12.3. The number of hydrogen-bond acceptors (Lipinski definition) is 4. The molecule has 1 rings (SSSR count). The van der Waals surface area contributed by atoms with Crippen molar-refractivity contribution < 1.29 is 14.3 Å². The highest BCUT2D eigenvalue weighted by molar-refractivity contribution is 5.81. The first-order valence-corrected chi connectivity index (χ1v) is 7.92. The van der Waals surface area contributed by atoms with Crippen LogP contribution in [0.15, 0.2) is 29.3 Å². The fourth-order valence-corrected chi connectivity index (χ4v) is 1.95. The molecule has 1 aromatic rings. The lowest BCUT2D eigenvalue weighted by Gasteiger charge is -2.19. The molecule has 134 valence electrons. The first-order valence-electron chi connectivity index (χ1n) is 7.92. The van der Waals surface area contributed by atoms with Crippen molar-refractivity contribution in [1.29, 1.82) is 0 Å². The maximum absolute atomic E-state index is 11.5. The zero-order valence-electron chi connectivity index (χ0n) is 15.1. The van der Waals surface area contributed by atoms with Gasteiger partial charge in [0, 0.05) is 34.1 Å². The van der Waals surface area contributed by atoms with Crippen LogP contribution in [0.1, 0.15) is 13.3 Å². The van der Waals surface area contributed by atoms with Gasteiger partial charge in [-0.15, -0.1) is 0 Å². The Kier molecular flexibility index (Phi) is 8.46. The number of carbonyl (C=O) groups excluding carboxylic acids is 1. The monoisotopic (exact) mass is 336 g/mol. The highest BCUT2D eigenvalue weighted by atomic mass is 16.5. The Morgan fingerprint density at radius 1 is 1.25 bits per heavy atom. The molecule has 0 aliphatic rings. The van der Waals surface area contributed by atoms with E-state index in [1.165, 1.54) is 0 Å². The number of methoxy groups -OCH3 is 1. The minimum Gasteiger partial charge on any atom is -0.493 e. The number of hydrogen-bond donors (Lipinski definition) is 2. The number of nitrogens with zero attached hydrogens (tertiary/aromatic N) is 2. The number of nitrogens with one attached hydrogen (secondary N) is 2. The van der Waals surface area contributed by atoms with E-state index in [1.807, 2.05) is 31.2 Å². The molecule has 0 radical (unpaired) electrons. The lowest BCUT2D eigenvalue weighted by molar-refractivity contribution is -0.128. The van der Waals surface area contributed by atoms with Crippen LogP contribution in [0, 0.1) is 0 Å². The van der Waals surface area contributed by atoms with E-state index in [4.69, 9.17) is 9.47 Å². The summed E-state index contributed by atoms with van der Waals surface area (Å²) < 4.78 is 11.1. The molecule has 0 aromatic heterocycles. The van der Waals surface area contributed by atoms with Crippen LogP contribution in [0.3, 0.4) is 0 Å². The van der Waals surface area contributed by atoms with Crippen molar-refractivity contribution in [3.05, 3.63) is 24.3 Å². The highest BCUT2D eigenvalue weighted by Gasteiger charge is 2.10. The van der Waals surface area contributed by atoms with Crippen LogP contribution in [-0.2, 0) is 4.79 Å². The van der Waals surface area contributed by atoms with E-state index >= 15 is 0 Å². The molecular formula is C17H28N4O3. The fraction of sp³-hybridized carbons (Fsp3) is 0.529. The van der Waals surface area contributed by atoms with Crippen molar-refractivity contribution >= 4 is 11.9 Å². The molecule has 0 bridgehead atoms. The van der Waals surface area contributed by atoms with Gasteiger partial charge < -0.3 is 25.0 Å². The SMILES string of the molecule is CN=C(NCCC(=O)N(C)C)NCC(C)Oc1ccccc1OC. The first-order chi connectivity index (χ1) is 11.5. The number of rotatable bonds is 8. The summed E-state index contributed by atoms with van der Waals surface area (Å²) >= 11 is 0. The Morgan fingerprint density at radius 2 is 1.92 bits per heavy atom. The largest absolute Gasteiger partial charge is 0.493 e. The molecule has 7 nitrogen and oxygen atoms in total. The van der Waals surface area contributed by atoms with Gasteiger partial charge in [-0.05, 0) is 19.1 Å². The maximum atomic E-state index is 11.5. The summed E-state index contributed by atoms with van der Waals surface area (Å²) in [4.78, 5) is 17.2. The lowest BCUT2D eigenvalue weighted by atomic mass is 10.3. The standard InChI is InChI=1S/C17H28N4O3/c1-13(24-15-9-7-6-8-14(15)23-5)12-20-17(18-2)19-11-10-16(22)21(3)4/h6-9,13H,10-12H2,1-5H3,(H2,18,19,20). The molecule has 0 spiro atoms. The molecule has 1 unspecified atom stereocenters. The van der Waals surface area contributed by atoms with Crippen LogP contribution >= 0.6 is 0 Å². The first kappa shape index (κ1) is 19.6. The molecular weight excluding hydrogens is 308 g/mol. The number of carbonyl (C=O) groups is 1. The smallest absolute Gasteiger partial charge is 0.223 e. The molecule has 2 N–H and O–H groups in total. The average molecular weight is 336 g/mol. The predicted molar refractivity (Wildman–Crippen MR) is 95.8 cm³/mol. The van der Waals surface area contributed by atoms with E-state index < -0.39 is 0 Å². The number of guanidine groups is 1. The van der Waals surface area contributed by atoms with Crippen LogP contribution in [-0.4, -0.2) is 64.2 Å². The molecule has 0 saturated carbocycles. The lowest BCUT2D eigenvalue weighted by Crippen LogP contribution is -2.42. The molecule has 0 fully saturated rings. The van der Waals surface area contributed by atoms with Gasteiger partial charge in [0.1, 0.15) is 6.10 Å². The van der Waals surface area contributed by atoms with Crippen LogP contribution in [0.4, 0.5) is 0 Å². The number of para-hydroxylation sites is 2. The summed E-state index contributed by atoms with van der Waals surface area (Å²) in [5.41, 5.74) is 0. The summed E-state index contributed by atoms with van der Waals surface area (Å²) in [6.07, 6.45) is 0.337. The van der Waals surface area contributed by atoms with Gasteiger partial charge in [-0.1, -0.05) is 12.1 Å². The molecule has 1 amide bonds. The van der Waals surface area contributed by atoms with Gasteiger partial charge in [0.05, 0.1) is 13.7 Å². The zero-order valence-corrected chi connectivity index (χ0v) is 15.1. The summed E-state index contributed by atoms with van der Waals surface area (Å²) in [5.74, 6) is 2.12. The Balaban J connectivity index is 2.38. The van der Waals surface area contributed by atoms with E-state index in [2.05, 4.69) is 15.6 Å². The van der Waals surface area contributed by atoms with Gasteiger partial charge in [0.15, 0.2) is 17.5 Å². The Labute approximate surface area is 144 Å². The second-order valence-corrected chi connectivity index (χ2v) is 5.50. The second-order valence-electron chi connectivity index (χ2n) is 5.50. The number of aliphatic imine (C=N–C) groups is 1. The summed E-state index contributed by atoms with van der Waals surface area (Å²) in [5, 5.41) is 6.29. The van der Waals surface area contributed by atoms with Gasteiger partial charge in [0.25, 0.3) is 0 Å². The fourth-order valence-electron chi connectivity index (χ4n) is 1.95. The molecule has 0 aliphatic heterocycles. The van der Waals surface area contributed by atoms with Gasteiger partial charge in [-0.2, -0.15) is 0 Å². The molecule has 0 saturated heterocycles. The van der Waals surface area contributed by atoms with Crippen molar-refractivity contribution in [3.63, 3.8) is 0 Å². The van der Waals surface area contributed by atoms with E-state index in [1.54, 1.807) is 33.2 Å². The predicted octanol–water partition coefficient (Wildman–Crippen LogP) is 1.11. The van der Waals surface area contributed by atoms with Crippen LogP contribution in [0.25, 0.3) is 0 Å². The Hall–Kier alpha value is -2.44. The van der Waals surface area contributed by atoms with Gasteiger partial charge in [-0.3, -0.25) is 9.79 Å². The van der Waals surface area contributed by atoms with Crippen molar-refractivity contribution in [1.82, 2.24) is 15.5 Å². The third-order valence-electron chi connectivity index (χ3n) is 3.31. The Bertz CT molecular complexity index is 546. The third kappa shape index (κ3) is 6.76. The second kappa shape index (κ2) is 10.4. The number of ether oxygens (including phenoxy) is 2. The van der Waals surface area contributed by atoms with Crippen molar-refractivity contribution in [2.45, 2.75) is 19.4 Å². The van der Waals surface area contributed by atoms with Crippen molar-refractivity contribution in [2.75, 3.05) is 41.3 Å². The quantitative estimate of drug-likeness (QED) is 0.549. The highest BCUT2D eigenvalue weighted by Crippen LogP contribution is 2.26. The summed E-state index contributed by atoms with van der Waals surface area (Å²) in [7, 11) is 6.79. The minimum absolute atomic E-state index is 0.0748. The van der Waals surface area contributed by atoms with E-state index in [0.29, 0.717) is 37.0 Å². The number of benzene rings is 1. The van der Waals surface area contributed by atoms with Crippen LogP contribution in [0.5, 0.6) is 11.5 Å². The molecule has 0 aliphatic carbocycles. The molecule has 7 heteroatoms. The topological polar surface area (TPSA) is 75.2 Å². The van der Waals surface area contributed by atoms with E-state index in [-0.39, 0.29) is 12.0 Å².